The molecular formula is C18H21N3O. The molecule has 2 aromatic rings. The zero-order chi connectivity index (χ0) is 15.5. The number of rotatable bonds is 3. The van der Waals surface area contributed by atoms with Gasteiger partial charge < -0.3 is 16.4 Å². The van der Waals surface area contributed by atoms with E-state index in [1.165, 1.54) is 5.56 Å². The van der Waals surface area contributed by atoms with E-state index in [9.17, 15) is 4.79 Å². The van der Waals surface area contributed by atoms with Crippen LogP contribution < -0.4 is 11.5 Å². The molecule has 0 radical (unpaired) electrons. The molecule has 2 aromatic carbocycles. The van der Waals surface area contributed by atoms with E-state index in [2.05, 4.69) is 12.1 Å². The number of hydrogen-bond acceptors (Lipinski definition) is 3. The van der Waals surface area contributed by atoms with Crippen LogP contribution in [-0.4, -0.2) is 29.9 Å². The molecule has 1 saturated heterocycles. The van der Waals surface area contributed by atoms with Crippen molar-refractivity contribution in [2.24, 2.45) is 11.5 Å². The molecule has 1 aliphatic rings. The molecule has 4 nitrogen and oxygen atoms in total. The van der Waals surface area contributed by atoms with Gasteiger partial charge in [0.2, 0.25) is 0 Å². The van der Waals surface area contributed by atoms with E-state index in [0.717, 1.165) is 5.56 Å². The Kier molecular flexibility index (Phi) is 4.22. The van der Waals surface area contributed by atoms with Crippen molar-refractivity contribution in [2.75, 3.05) is 13.1 Å². The van der Waals surface area contributed by atoms with Crippen molar-refractivity contribution in [3.8, 4) is 0 Å². The quantitative estimate of drug-likeness (QED) is 0.905. The Hall–Kier alpha value is -2.17. The summed E-state index contributed by atoms with van der Waals surface area (Å²) in [5.41, 5.74) is 14.8. The number of nitrogens with zero attached hydrogens (tertiary/aromatic N) is 1. The van der Waals surface area contributed by atoms with Gasteiger partial charge in [-0.25, -0.2) is 0 Å². The minimum atomic E-state index is -0.0188. The van der Waals surface area contributed by atoms with E-state index in [-0.39, 0.29) is 17.9 Å². The number of likely N-dealkylation sites (tertiary alicyclic amines) is 1. The lowest BCUT2D eigenvalue weighted by atomic mass is 9.95. The van der Waals surface area contributed by atoms with E-state index < -0.39 is 0 Å². The third-order valence-corrected chi connectivity index (χ3v) is 4.32. The average molecular weight is 295 g/mol. The molecule has 0 aliphatic carbocycles. The number of nitrogens with two attached hydrogens (primary N) is 2. The minimum Gasteiger partial charge on any atom is -0.336 e. The highest BCUT2D eigenvalue weighted by Crippen LogP contribution is 2.27. The molecule has 1 heterocycles. The number of benzene rings is 2. The van der Waals surface area contributed by atoms with Gasteiger partial charge in [-0.2, -0.15) is 0 Å². The molecule has 1 aliphatic heterocycles. The highest BCUT2D eigenvalue weighted by Gasteiger charge is 2.34. The van der Waals surface area contributed by atoms with Crippen molar-refractivity contribution < 1.29 is 4.79 Å². The van der Waals surface area contributed by atoms with Gasteiger partial charge in [-0.05, 0) is 23.3 Å². The monoisotopic (exact) mass is 295 g/mol. The molecule has 3 rings (SSSR count). The maximum atomic E-state index is 12.6. The first kappa shape index (κ1) is 14.8. The van der Waals surface area contributed by atoms with Crippen molar-refractivity contribution in [1.82, 2.24) is 4.90 Å². The Labute approximate surface area is 130 Å². The van der Waals surface area contributed by atoms with Gasteiger partial charge in [-0.15, -0.1) is 0 Å². The zero-order valence-corrected chi connectivity index (χ0v) is 12.5. The van der Waals surface area contributed by atoms with Crippen LogP contribution >= 0.6 is 0 Å². The molecule has 4 N–H and O–H groups in total. The standard InChI is InChI=1S/C18H21N3O/c19-10-13-6-8-15(9-7-13)18(22)21-11-16(17(20)12-21)14-4-2-1-3-5-14/h1-9,16-17H,10-12,19-20H2/t16-,17+/m0/s1. The van der Waals surface area contributed by atoms with Crippen LogP contribution in [0, 0.1) is 0 Å². The SMILES string of the molecule is NCc1ccc(C(=O)N2C[C@@H](N)[C@H](c3ccccc3)C2)cc1. The van der Waals surface area contributed by atoms with Gasteiger partial charge in [0.05, 0.1) is 0 Å². The zero-order valence-electron chi connectivity index (χ0n) is 12.5. The third kappa shape index (κ3) is 2.89. The van der Waals surface area contributed by atoms with Crippen molar-refractivity contribution >= 4 is 5.91 Å². The summed E-state index contributed by atoms with van der Waals surface area (Å²) in [4.78, 5) is 14.5. The minimum absolute atomic E-state index is 0.0188. The topological polar surface area (TPSA) is 72.4 Å². The summed E-state index contributed by atoms with van der Waals surface area (Å²) in [6, 6.07) is 17.6. The smallest absolute Gasteiger partial charge is 0.253 e. The maximum absolute atomic E-state index is 12.6. The summed E-state index contributed by atoms with van der Waals surface area (Å²) in [6.07, 6.45) is 0. The second-order valence-electron chi connectivity index (χ2n) is 5.79. The van der Waals surface area contributed by atoms with Crippen LogP contribution in [0.5, 0.6) is 0 Å². The summed E-state index contributed by atoms with van der Waals surface area (Å²) >= 11 is 0. The maximum Gasteiger partial charge on any atom is 0.253 e. The van der Waals surface area contributed by atoms with Gasteiger partial charge >= 0.3 is 0 Å². The predicted octanol–water partition coefficient (Wildman–Crippen LogP) is 1.71. The van der Waals surface area contributed by atoms with Crippen molar-refractivity contribution in [3.63, 3.8) is 0 Å². The van der Waals surface area contributed by atoms with Crippen LogP contribution in [0.4, 0.5) is 0 Å². The van der Waals surface area contributed by atoms with E-state index in [1.54, 1.807) is 0 Å². The first-order chi connectivity index (χ1) is 10.7. The third-order valence-electron chi connectivity index (χ3n) is 4.32. The van der Waals surface area contributed by atoms with E-state index >= 15 is 0 Å². The van der Waals surface area contributed by atoms with Gasteiger partial charge in [-0.1, -0.05) is 42.5 Å². The molecule has 114 valence electrons. The molecular weight excluding hydrogens is 274 g/mol. The summed E-state index contributed by atoms with van der Waals surface area (Å²) in [6.45, 7) is 1.75. The highest BCUT2D eigenvalue weighted by molar-refractivity contribution is 5.94. The normalized spacial score (nSPS) is 21.1. The molecule has 1 fully saturated rings. The molecule has 2 atom stereocenters. The van der Waals surface area contributed by atoms with Crippen LogP contribution in [0.1, 0.15) is 27.4 Å². The number of hydrogen-bond donors (Lipinski definition) is 2. The van der Waals surface area contributed by atoms with Gasteiger partial charge in [0.25, 0.3) is 5.91 Å². The molecule has 0 saturated carbocycles. The largest absolute Gasteiger partial charge is 0.336 e. The van der Waals surface area contributed by atoms with Crippen LogP contribution in [-0.2, 0) is 6.54 Å². The van der Waals surface area contributed by atoms with Crippen LogP contribution in [0.15, 0.2) is 54.6 Å². The molecule has 4 heteroatoms. The molecule has 0 unspecified atom stereocenters. The lowest BCUT2D eigenvalue weighted by Crippen LogP contribution is -2.32. The Bertz CT molecular complexity index is 639. The first-order valence-electron chi connectivity index (χ1n) is 7.58. The van der Waals surface area contributed by atoms with Crippen molar-refractivity contribution in [1.29, 1.82) is 0 Å². The van der Waals surface area contributed by atoms with Gasteiger partial charge in [0.1, 0.15) is 0 Å². The lowest BCUT2D eigenvalue weighted by molar-refractivity contribution is 0.0789. The number of carbonyl (C=O) groups excluding carboxylic acids is 1. The lowest BCUT2D eigenvalue weighted by Gasteiger charge is -2.16. The van der Waals surface area contributed by atoms with Gasteiger partial charge in [0, 0.05) is 37.2 Å². The Balaban J connectivity index is 1.74. The predicted molar refractivity (Wildman–Crippen MR) is 87.4 cm³/mol. The van der Waals surface area contributed by atoms with E-state index in [0.29, 0.717) is 25.2 Å². The summed E-state index contributed by atoms with van der Waals surface area (Å²) in [7, 11) is 0. The summed E-state index contributed by atoms with van der Waals surface area (Å²) in [5.74, 6) is 0.242. The first-order valence-corrected chi connectivity index (χ1v) is 7.58. The Morgan fingerprint density at radius 2 is 1.73 bits per heavy atom. The van der Waals surface area contributed by atoms with Crippen molar-refractivity contribution in [3.05, 3.63) is 71.3 Å². The molecule has 1 amide bonds. The summed E-state index contributed by atoms with van der Waals surface area (Å²) < 4.78 is 0. The molecule has 0 aromatic heterocycles. The second-order valence-corrected chi connectivity index (χ2v) is 5.79. The second kappa shape index (κ2) is 6.30. The van der Waals surface area contributed by atoms with E-state index in [1.807, 2.05) is 47.4 Å². The van der Waals surface area contributed by atoms with E-state index in [4.69, 9.17) is 11.5 Å². The van der Waals surface area contributed by atoms with Gasteiger partial charge in [-0.3, -0.25) is 4.79 Å². The van der Waals surface area contributed by atoms with Crippen LogP contribution in [0.2, 0.25) is 0 Å². The van der Waals surface area contributed by atoms with Crippen LogP contribution in [0.3, 0.4) is 0 Å². The molecule has 22 heavy (non-hydrogen) atoms. The summed E-state index contributed by atoms with van der Waals surface area (Å²) in [5, 5.41) is 0. The highest BCUT2D eigenvalue weighted by atomic mass is 16.2. The fourth-order valence-corrected chi connectivity index (χ4v) is 3.01. The number of carbonyl (C=O) groups is 1. The average Bonchev–Trinajstić information content (AvgIpc) is 2.97. The van der Waals surface area contributed by atoms with Crippen LogP contribution in [0.25, 0.3) is 0 Å². The molecule has 0 spiro atoms. The fraction of sp³-hybridized carbons (Fsp3) is 0.278. The Morgan fingerprint density at radius 3 is 2.36 bits per heavy atom. The molecule has 0 bridgehead atoms. The number of amides is 1. The fourth-order valence-electron chi connectivity index (χ4n) is 3.01. The van der Waals surface area contributed by atoms with Gasteiger partial charge in [0.15, 0.2) is 0 Å². The Morgan fingerprint density at radius 1 is 1.05 bits per heavy atom. The van der Waals surface area contributed by atoms with Crippen molar-refractivity contribution in [2.45, 2.75) is 18.5 Å².